The third kappa shape index (κ3) is 6.13. The number of carbonyl (C=O) groups is 3. The first-order valence-corrected chi connectivity index (χ1v) is 14.3. The zero-order valence-corrected chi connectivity index (χ0v) is 23.5. The van der Waals surface area contributed by atoms with Crippen molar-refractivity contribution in [1.29, 1.82) is 0 Å². The van der Waals surface area contributed by atoms with Gasteiger partial charge in [-0.05, 0) is 61.8 Å². The molecular weight excluding hydrogens is 574 g/mol. The van der Waals surface area contributed by atoms with E-state index < -0.39 is 42.5 Å². The molecule has 6 rings (SSSR count). The number of carboxylic acid groups (broad SMARTS) is 1. The second kappa shape index (κ2) is 12.1. The molecule has 1 aromatic carbocycles. The van der Waals surface area contributed by atoms with E-state index in [1.807, 2.05) is 0 Å². The molecule has 3 fully saturated rings. The van der Waals surface area contributed by atoms with Crippen LogP contribution >= 0.6 is 0 Å². The molecule has 44 heavy (non-hydrogen) atoms. The highest BCUT2D eigenvalue weighted by molar-refractivity contribution is 5.87. The number of aliphatic hydroxyl groups is 2. The molecule has 15 nitrogen and oxygen atoms in total. The largest absolute Gasteiger partial charge is 0.478 e. The van der Waals surface area contributed by atoms with Crippen LogP contribution in [0.5, 0.6) is 5.75 Å². The summed E-state index contributed by atoms with van der Waals surface area (Å²) in [6, 6.07) is 5.71. The van der Waals surface area contributed by atoms with Gasteiger partial charge in [-0.3, -0.25) is 9.36 Å². The lowest BCUT2D eigenvalue weighted by atomic mass is 9.94. The number of likely N-dealkylation sites (tertiary alicyclic amines) is 1. The van der Waals surface area contributed by atoms with Gasteiger partial charge in [0.15, 0.2) is 23.8 Å². The average molecular weight is 606 g/mol. The molecule has 2 aliphatic heterocycles. The van der Waals surface area contributed by atoms with Gasteiger partial charge in [0, 0.05) is 25.6 Å². The number of rotatable bonds is 6. The summed E-state index contributed by atoms with van der Waals surface area (Å²) in [5.74, 6) is 5.20. The molecule has 0 bridgehead atoms. The highest BCUT2D eigenvalue weighted by Gasteiger charge is 2.48. The van der Waals surface area contributed by atoms with Gasteiger partial charge in [0.25, 0.3) is 5.91 Å². The molecular formula is C29H31N7O8. The van der Waals surface area contributed by atoms with E-state index in [2.05, 4.69) is 32.1 Å². The summed E-state index contributed by atoms with van der Waals surface area (Å²) in [6.07, 6.45) is -0.647. The molecule has 4 heterocycles. The molecule has 15 heteroatoms. The number of hydrogen-bond donors (Lipinski definition) is 5. The average Bonchev–Trinajstić information content (AvgIpc) is 3.64. The monoisotopic (exact) mass is 605 g/mol. The van der Waals surface area contributed by atoms with Crippen molar-refractivity contribution >= 4 is 35.0 Å². The van der Waals surface area contributed by atoms with Crippen molar-refractivity contribution in [3.05, 3.63) is 42.0 Å². The van der Waals surface area contributed by atoms with Crippen molar-refractivity contribution in [3.8, 4) is 17.6 Å². The Morgan fingerprint density at radius 2 is 1.80 bits per heavy atom. The Labute approximate surface area is 251 Å². The van der Waals surface area contributed by atoms with Crippen LogP contribution in [0.1, 0.15) is 54.5 Å². The van der Waals surface area contributed by atoms with Gasteiger partial charge < -0.3 is 40.7 Å². The lowest BCUT2D eigenvalue weighted by molar-refractivity contribution is -0.137. The van der Waals surface area contributed by atoms with Gasteiger partial charge in [0.1, 0.15) is 23.5 Å². The molecule has 0 radical (unpaired) electrons. The van der Waals surface area contributed by atoms with Crippen LogP contribution in [0.3, 0.4) is 0 Å². The number of aromatic carboxylic acids is 1. The van der Waals surface area contributed by atoms with Crippen molar-refractivity contribution in [2.45, 2.75) is 62.7 Å². The number of benzene rings is 1. The number of ether oxygens (including phenoxy) is 2. The number of imidazole rings is 1. The maximum Gasteiger partial charge on any atom is 0.415 e. The van der Waals surface area contributed by atoms with E-state index in [-0.39, 0.29) is 46.1 Å². The van der Waals surface area contributed by atoms with E-state index >= 15 is 0 Å². The van der Waals surface area contributed by atoms with Crippen LogP contribution < -0.4 is 15.8 Å². The van der Waals surface area contributed by atoms with Crippen molar-refractivity contribution in [2.75, 3.05) is 18.8 Å². The number of nitrogens with one attached hydrogen (secondary N) is 1. The summed E-state index contributed by atoms with van der Waals surface area (Å²) < 4.78 is 12.5. The Morgan fingerprint density at radius 1 is 1.07 bits per heavy atom. The van der Waals surface area contributed by atoms with Crippen molar-refractivity contribution in [3.63, 3.8) is 0 Å². The summed E-state index contributed by atoms with van der Waals surface area (Å²) >= 11 is 0. The lowest BCUT2D eigenvalue weighted by Gasteiger charge is -2.30. The molecule has 230 valence electrons. The number of aromatic nitrogens is 4. The number of carbonyl (C=O) groups excluding carboxylic acids is 2. The smallest absolute Gasteiger partial charge is 0.415 e. The Balaban J connectivity index is 1.06. The fourth-order valence-corrected chi connectivity index (χ4v) is 5.22. The van der Waals surface area contributed by atoms with Gasteiger partial charge >= 0.3 is 12.1 Å². The summed E-state index contributed by atoms with van der Waals surface area (Å²) in [4.78, 5) is 50.5. The molecule has 2 amide bonds. The van der Waals surface area contributed by atoms with Crippen LogP contribution in [0.4, 0.5) is 10.6 Å². The highest BCUT2D eigenvalue weighted by atomic mass is 16.6. The number of hydrogen-bond acceptors (Lipinski definition) is 11. The molecule has 2 saturated heterocycles. The first-order valence-electron chi connectivity index (χ1n) is 14.3. The molecule has 0 spiro atoms. The third-order valence-corrected chi connectivity index (χ3v) is 7.91. The second-order valence-corrected chi connectivity index (χ2v) is 11.1. The molecule has 4 atom stereocenters. The zero-order chi connectivity index (χ0) is 31.0. The molecule has 3 aromatic rings. The second-order valence-electron chi connectivity index (χ2n) is 11.1. The number of piperidine rings is 1. The van der Waals surface area contributed by atoms with Crippen molar-refractivity contribution < 1.29 is 39.2 Å². The van der Waals surface area contributed by atoms with Gasteiger partial charge in [-0.15, -0.1) is 0 Å². The fourth-order valence-electron chi connectivity index (χ4n) is 5.22. The minimum Gasteiger partial charge on any atom is -0.478 e. The number of fused-ring (bicyclic) bond motifs is 1. The quantitative estimate of drug-likeness (QED) is 0.245. The minimum atomic E-state index is -1.44. The number of aliphatic hydroxyl groups excluding tert-OH is 2. The first kappa shape index (κ1) is 29.3. The first-order chi connectivity index (χ1) is 21.2. The number of amides is 2. The van der Waals surface area contributed by atoms with E-state index in [0.29, 0.717) is 32.4 Å². The Bertz CT molecular complexity index is 1640. The molecule has 1 unspecified atom stereocenters. The van der Waals surface area contributed by atoms with Gasteiger partial charge in [0.2, 0.25) is 5.82 Å². The molecule has 1 saturated carbocycles. The van der Waals surface area contributed by atoms with Crippen LogP contribution in [0, 0.1) is 17.8 Å². The molecule has 1 aliphatic carbocycles. The van der Waals surface area contributed by atoms with Crippen molar-refractivity contribution in [2.24, 2.45) is 5.92 Å². The van der Waals surface area contributed by atoms with Crippen LogP contribution in [-0.2, 0) is 9.53 Å². The summed E-state index contributed by atoms with van der Waals surface area (Å²) in [6.45, 7) is 0.977. The molecule has 6 N–H and O–H groups in total. The predicted octanol–water partition coefficient (Wildman–Crippen LogP) is 0.657. The lowest BCUT2D eigenvalue weighted by Crippen LogP contribution is -2.43. The van der Waals surface area contributed by atoms with Gasteiger partial charge in [0.05, 0.1) is 11.9 Å². The van der Waals surface area contributed by atoms with Crippen molar-refractivity contribution in [1.82, 2.24) is 29.7 Å². The minimum absolute atomic E-state index is 0.0677. The zero-order valence-electron chi connectivity index (χ0n) is 23.5. The maximum atomic E-state index is 12.5. The van der Waals surface area contributed by atoms with Crippen LogP contribution in [-0.4, -0.2) is 95.2 Å². The standard InChI is InChI=1S/C29H31N7O8/c30-24-20-25(36(14-31-20)27-22(38)21(37)23(44-27)26(39)32-17-6-7-17)34-19(33-24)3-1-2-15-10-12-35(13-11-15)29(42)43-18-8-4-16(5-9-18)28(40)41/h4-5,8-9,14-15,17,21-23,27,37-38H,2,6-7,10-13H2,(H,32,39)(H,40,41)(H2,30,33,34)/t21?,22-,23-,27+/m0/s1. The van der Waals surface area contributed by atoms with Gasteiger partial charge in [-0.2, -0.15) is 0 Å². The fraction of sp³-hybridized carbons (Fsp3) is 0.448. The highest BCUT2D eigenvalue weighted by Crippen LogP contribution is 2.33. The van der Waals surface area contributed by atoms with Crippen LogP contribution in [0.25, 0.3) is 11.2 Å². The topological polar surface area (TPSA) is 215 Å². The third-order valence-electron chi connectivity index (χ3n) is 7.91. The maximum absolute atomic E-state index is 12.5. The summed E-state index contributed by atoms with van der Waals surface area (Å²) in [5.41, 5.74) is 6.73. The Kier molecular flexibility index (Phi) is 8.04. The van der Waals surface area contributed by atoms with Crippen LogP contribution in [0.15, 0.2) is 30.6 Å². The van der Waals surface area contributed by atoms with Crippen LogP contribution in [0.2, 0.25) is 0 Å². The number of anilines is 1. The normalized spacial score (nSPS) is 23.6. The molecule has 2 aromatic heterocycles. The molecule has 3 aliphatic rings. The number of carboxylic acids is 1. The van der Waals surface area contributed by atoms with E-state index in [9.17, 15) is 24.6 Å². The summed E-state index contributed by atoms with van der Waals surface area (Å²) in [7, 11) is 0. The van der Waals surface area contributed by atoms with E-state index in [1.54, 1.807) is 4.90 Å². The number of nitrogens with zero attached hydrogens (tertiary/aromatic N) is 5. The van der Waals surface area contributed by atoms with E-state index in [4.69, 9.17) is 20.3 Å². The van der Waals surface area contributed by atoms with Gasteiger partial charge in [-0.25, -0.2) is 24.5 Å². The predicted molar refractivity (Wildman–Crippen MR) is 152 cm³/mol. The SMILES string of the molecule is Nc1nc(C#CCC2CCN(C(=O)Oc3ccc(C(=O)O)cc3)CC2)nc2c1ncn2[C@@H]1O[C@H](C(=O)NC2CC2)C(O)[C@@H]1O. The number of nitrogen functional groups attached to an aromatic ring is 1. The van der Waals surface area contributed by atoms with Gasteiger partial charge in [-0.1, -0.05) is 5.92 Å². The van der Waals surface area contributed by atoms with E-state index in [1.165, 1.54) is 35.2 Å². The van der Waals surface area contributed by atoms with E-state index in [0.717, 1.165) is 12.8 Å². The number of nitrogens with two attached hydrogens (primary N) is 1. The Morgan fingerprint density at radius 3 is 2.48 bits per heavy atom. The summed E-state index contributed by atoms with van der Waals surface area (Å²) in [5, 5.41) is 32.9. The Hall–Kier alpha value is -4.78.